The molecule has 2 aromatic rings. The fourth-order valence-corrected chi connectivity index (χ4v) is 3.53. The third kappa shape index (κ3) is 4.71. The maximum absolute atomic E-state index is 13.1. The molecule has 0 radical (unpaired) electrons. The van der Waals surface area contributed by atoms with Gasteiger partial charge in [0, 0.05) is 37.4 Å². The van der Waals surface area contributed by atoms with Crippen LogP contribution >= 0.6 is 0 Å². The van der Waals surface area contributed by atoms with Crippen molar-refractivity contribution in [2.24, 2.45) is 5.92 Å². The maximum atomic E-state index is 13.1. The summed E-state index contributed by atoms with van der Waals surface area (Å²) in [6, 6.07) is 17.0. The molecular weight excluding hydrogens is 350 g/mol. The molecular formula is C23H29N3O2. The van der Waals surface area contributed by atoms with Gasteiger partial charge in [0.2, 0.25) is 5.91 Å². The summed E-state index contributed by atoms with van der Waals surface area (Å²) in [5, 5.41) is 2.94. The molecule has 0 bridgehead atoms. The van der Waals surface area contributed by atoms with E-state index in [0.29, 0.717) is 18.7 Å². The van der Waals surface area contributed by atoms with Crippen molar-refractivity contribution in [2.75, 3.05) is 31.1 Å². The molecule has 0 aliphatic carbocycles. The van der Waals surface area contributed by atoms with Gasteiger partial charge in [-0.3, -0.25) is 9.59 Å². The topological polar surface area (TPSA) is 52.6 Å². The van der Waals surface area contributed by atoms with E-state index in [9.17, 15) is 9.59 Å². The third-order valence-electron chi connectivity index (χ3n) is 5.21. The molecule has 148 valence electrons. The predicted octanol–water partition coefficient (Wildman–Crippen LogP) is 3.10. The van der Waals surface area contributed by atoms with E-state index in [0.717, 1.165) is 13.1 Å². The van der Waals surface area contributed by atoms with E-state index in [1.807, 2.05) is 36.9 Å². The SMILES string of the molecule is Cc1cccc(N2CCN(C(=O)[C@@H](NC(=O)c3ccccc3)C(C)C)CC2)c1. The van der Waals surface area contributed by atoms with Crippen molar-refractivity contribution in [3.63, 3.8) is 0 Å². The first kappa shape index (κ1) is 19.9. The smallest absolute Gasteiger partial charge is 0.251 e. The highest BCUT2D eigenvalue weighted by atomic mass is 16.2. The van der Waals surface area contributed by atoms with E-state index in [4.69, 9.17) is 0 Å². The van der Waals surface area contributed by atoms with Crippen molar-refractivity contribution in [1.29, 1.82) is 0 Å². The van der Waals surface area contributed by atoms with Gasteiger partial charge in [-0.1, -0.05) is 44.2 Å². The zero-order valence-corrected chi connectivity index (χ0v) is 16.9. The van der Waals surface area contributed by atoms with Crippen LogP contribution in [0.1, 0.15) is 29.8 Å². The molecule has 3 rings (SSSR count). The Morgan fingerprint density at radius 2 is 1.61 bits per heavy atom. The molecule has 0 spiro atoms. The van der Waals surface area contributed by atoms with Gasteiger partial charge in [-0.25, -0.2) is 0 Å². The molecule has 1 fully saturated rings. The van der Waals surface area contributed by atoms with Gasteiger partial charge in [-0.05, 0) is 42.7 Å². The van der Waals surface area contributed by atoms with Gasteiger partial charge in [-0.15, -0.1) is 0 Å². The highest BCUT2D eigenvalue weighted by Crippen LogP contribution is 2.19. The number of hydrogen-bond acceptors (Lipinski definition) is 3. The number of amides is 2. The van der Waals surface area contributed by atoms with Gasteiger partial charge in [-0.2, -0.15) is 0 Å². The standard InChI is InChI=1S/C23H29N3O2/c1-17(2)21(24-22(27)19-9-5-4-6-10-19)23(28)26-14-12-25(13-15-26)20-11-7-8-18(3)16-20/h4-11,16-17,21H,12-15H2,1-3H3,(H,24,27)/t21-/m0/s1. The van der Waals surface area contributed by atoms with Crippen LogP contribution in [0.3, 0.4) is 0 Å². The minimum Gasteiger partial charge on any atom is -0.368 e. The van der Waals surface area contributed by atoms with Gasteiger partial charge in [0.1, 0.15) is 6.04 Å². The van der Waals surface area contributed by atoms with E-state index in [1.165, 1.54) is 11.3 Å². The lowest BCUT2D eigenvalue weighted by Crippen LogP contribution is -2.56. The van der Waals surface area contributed by atoms with E-state index < -0.39 is 6.04 Å². The lowest BCUT2D eigenvalue weighted by atomic mass is 10.0. The quantitative estimate of drug-likeness (QED) is 0.869. The number of rotatable bonds is 5. The van der Waals surface area contributed by atoms with Gasteiger partial charge in [0.05, 0.1) is 0 Å². The molecule has 2 amide bonds. The Balaban J connectivity index is 1.62. The second-order valence-corrected chi connectivity index (χ2v) is 7.71. The molecule has 1 saturated heterocycles. The Morgan fingerprint density at radius 3 is 2.21 bits per heavy atom. The zero-order valence-electron chi connectivity index (χ0n) is 16.9. The normalized spacial score (nSPS) is 15.4. The minimum atomic E-state index is -0.516. The maximum Gasteiger partial charge on any atom is 0.251 e. The first-order valence-electron chi connectivity index (χ1n) is 9.92. The lowest BCUT2D eigenvalue weighted by molar-refractivity contribution is -0.134. The largest absolute Gasteiger partial charge is 0.368 e. The number of nitrogens with zero attached hydrogens (tertiary/aromatic N) is 2. The Morgan fingerprint density at radius 1 is 0.929 bits per heavy atom. The van der Waals surface area contributed by atoms with Crippen LogP contribution in [0.15, 0.2) is 54.6 Å². The summed E-state index contributed by atoms with van der Waals surface area (Å²) in [4.78, 5) is 29.8. The van der Waals surface area contributed by atoms with Crippen molar-refractivity contribution >= 4 is 17.5 Å². The van der Waals surface area contributed by atoms with Crippen molar-refractivity contribution in [2.45, 2.75) is 26.8 Å². The molecule has 1 N–H and O–H groups in total. The summed E-state index contributed by atoms with van der Waals surface area (Å²) >= 11 is 0. The fourth-order valence-electron chi connectivity index (χ4n) is 3.53. The van der Waals surface area contributed by atoms with E-state index in [-0.39, 0.29) is 17.7 Å². The van der Waals surface area contributed by atoms with E-state index >= 15 is 0 Å². The summed E-state index contributed by atoms with van der Waals surface area (Å²) in [5.41, 5.74) is 3.01. The minimum absolute atomic E-state index is 0.00294. The number of carbonyl (C=O) groups excluding carboxylic acids is 2. The average Bonchev–Trinajstić information content (AvgIpc) is 2.72. The Hall–Kier alpha value is -2.82. The number of piperazine rings is 1. The van der Waals surface area contributed by atoms with Gasteiger partial charge in [0.15, 0.2) is 0 Å². The number of nitrogens with one attached hydrogen (secondary N) is 1. The number of benzene rings is 2. The Labute approximate surface area is 167 Å². The molecule has 0 aromatic heterocycles. The number of carbonyl (C=O) groups is 2. The Kier molecular flexibility index (Phi) is 6.34. The van der Waals surface area contributed by atoms with Crippen LogP contribution in [-0.2, 0) is 4.79 Å². The molecule has 1 aliphatic heterocycles. The molecule has 5 heteroatoms. The van der Waals surface area contributed by atoms with Gasteiger partial charge < -0.3 is 15.1 Å². The van der Waals surface area contributed by atoms with Crippen LogP contribution in [0.4, 0.5) is 5.69 Å². The Bertz CT molecular complexity index is 812. The summed E-state index contributed by atoms with van der Waals surface area (Å²) in [7, 11) is 0. The second-order valence-electron chi connectivity index (χ2n) is 7.71. The number of aryl methyl sites for hydroxylation is 1. The van der Waals surface area contributed by atoms with Crippen molar-refractivity contribution in [3.05, 3.63) is 65.7 Å². The summed E-state index contributed by atoms with van der Waals surface area (Å²) in [6.07, 6.45) is 0. The molecule has 1 heterocycles. The van der Waals surface area contributed by atoms with Gasteiger partial charge in [0.25, 0.3) is 5.91 Å². The first-order valence-corrected chi connectivity index (χ1v) is 9.92. The first-order chi connectivity index (χ1) is 13.5. The second kappa shape index (κ2) is 8.91. The van der Waals surface area contributed by atoms with Crippen molar-refractivity contribution < 1.29 is 9.59 Å². The number of hydrogen-bond donors (Lipinski definition) is 1. The molecule has 2 aromatic carbocycles. The van der Waals surface area contributed by atoms with Gasteiger partial charge >= 0.3 is 0 Å². The van der Waals surface area contributed by atoms with Crippen LogP contribution in [0, 0.1) is 12.8 Å². The molecule has 0 unspecified atom stereocenters. The molecule has 5 nitrogen and oxygen atoms in total. The highest BCUT2D eigenvalue weighted by Gasteiger charge is 2.31. The van der Waals surface area contributed by atoms with Crippen LogP contribution in [0.25, 0.3) is 0 Å². The monoisotopic (exact) mass is 379 g/mol. The molecule has 1 aliphatic rings. The third-order valence-corrected chi connectivity index (χ3v) is 5.21. The van der Waals surface area contributed by atoms with Crippen LogP contribution in [0.2, 0.25) is 0 Å². The molecule has 0 saturated carbocycles. The van der Waals surface area contributed by atoms with Crippen molar-refractivity contribution in [3.8, 4) is 0 Å². The summed E-state index contributed by atoms with van der Waals surface area (Å²) in [6.45, 7) is 8.95. The van der Waals surface area contributed by atoms with E-state index in [2.05, 4.69) is 41.4 Å². The zero-order chi connectivity index (χ0) is 20.1. The summed E-state index contributed by atoms with van der Waals surface area (Å²) < 4.78 is 0. The van der Waals surface area contributed by atoms with Crippen molar-refractivity contribution in [1.82, 2.24) is 10.2 Å². The molecule has 1 atom stereocenters. The van der Waals surface area contributed by atoms with Crippen LogP contribution in [0.5, 0.6) is 0 Å². The number of anilines is 1. The molecule has 28 heavy (non-hydrogen) atoms. The lowest BCUT2D eigenvalue weighted by Gasteiger charge is -2.38. The fraction of sp³-hybridized carbons (Fsp3) is 0.391. The highest BCUT2D eigenvalue weighted by molar-refractivity contribution is 5.97. The average molecular weight is 380 g/mol. The van der Waals surface area contributed by atoms with Crippen LogP contribution < -0.4 is 10.2 Å². The van der Waals surface area contributed by atoms with Crippen LogP contribution in [-0.4, -0.2) is 48.9 Å². The van der Waals surface area contributed by atoms with E-state index in [1.54, 1.807) is 12.1 Å². The summed E-state index contributed by atoms with van der Waals surface area (Å²) in [5.74, 6) is -0.177. The predicted molar refractivity (Wildman–Crippen MR) is 113 cm³/mol.